The van der Waals surface area contributed by atoms with Crippen molar-refractivity contribution < 1.29 is 28.6 Å². The topological polar surface area (TPSA) is 78.9 Å². The van der Waals surface area contributed by atoms with E-state index in [1.165, 1.54) is 25.1 Å². The third-order valence-corrected chi connectivity index (χ3v) is 2.54. The molecule has 0 amide bonds. The van der Waals surface area contributed by atoms with E-state index < -0.39 is 17.9 Å². The van der Waals surface area contributed by atoms with Crippen molar-refractivity contribution >= 4 is 17.9 Å². The highest BCUT2D eigenvalue weighted by Crippen LogP contribution is 2.21. The molecule has 1 aromatic rings. The Balaban J connectivity index is 3.19. The van der Waals surface area contributed by atoms with E-state index in [1.807, 2.05) is 0 Å². The number of rotatable bonds is 6. The molecule has 1 rings (SSSR count). The standard InChI is InChI=1S/C16H18O6/c1-5-20-15(18)12-8-7-11(22-14(17)10(3)4)9-13(12)16(19)21-6-2/h7-9H,3,5-6H2,1-2,4H3. The Morgan fingerprint density at radius 2 is 1.55 bits per heavy atom. The Kier molecular flexibility index (Phi) is 6.31. The van der Waals surface area contributed by atoms with Crippen LogP contribution >= 0.6 is 0 Å². The molecule has 0 aromatic heterocycles. The van der Waals surface area contributed by atoms with Crippen LogP contribution in [0.2, 0.25) is 0 Å². The number of hydrogen-bond acceptors (Lipinski definition) is 6. The zero-order chi connectivity index (χ0) is 16.7. The molecule has 0 aliphatic heterocycles. The lowest BCUT2D eigenvalue weighted by Crippen LogP contribution is -2.15. The van der Waals surface area contributed by atoms with Gasteiger partial charge in [0.25, 0.3) is 0 Å². The highest BCUT2D eigenvalue weighted by Gasteiger charge is 2.21. The van der Waals surface area contributed by atoms with Gasteiger partial charge in [0.05, 0.1) is 24.3 Å². The summed E-state index contributed by atoms with van der Waals surface area (Å²) in [6, 6.07) is 4.02. The molecule has 0 atom stereocenters. The quantitative estimate of drug-likeness (QED) is 0.456. The average molecular weight is 306 g/mol. The summed E-state index contributed by atoms with van der Waals surface area (Å²) in [4.78, 5) is 35.3. The van der Waals surface area contributed by atoms with Crippen LogP contribution in [0.5, 0.6) is 5.75 Å². The van der Waals surface area contributed by atoms with Gasteiger partial charge in [-0.25, -0.2) is 14.4 Å². The lowest BCUT2D eigenvalue weighted by Gasteiger charge is -2.10. The molecule has 0 unspecified atom stereocenters. The van der Waals surface area contributed by atoms with Crippen molar-refractivity contribution in [3.05, 3.63) is 41.5 Å². The zero-order valence-electron chi connectivity index (χ0n) is 12.8. The van der Waals surface area contributed by atoms with E-state index in [1.54, 1.807) is 13.8 Å². The Morgan fingerprint density at radius 3 is 2.05 bits per heavy atom. The normalized spacial score (nSPS) is 9.77. The van der Waals surface area contributed by atoms with Gasteiger partial charge >= 0.3 is 17.9 Å². The van der Waals surface area contributed by atoms with Crippen LogP contribution in [0.25, 0.3) is 0 Å². The van der Waals surface area contributed by atoms with Crippen molar-refractivity contribution in [2.45, 2.75) is 20.8 Å². The minimum absolute atomic E-state index is 0.0210. The van der Waals surface area contributed by atoms with Crippen LogP contribution in [0.1, 0.15) is 41.5 Å². The van der Waals surface area contributed by atoms with Crippen LogP contribution in [0.4, 0.5) is 0 Å². The molecule has 22 heavy (non-hydrogen) atoms. The lowest BCUT2D eigenvalue weighted by atomic mass is 10.1. The second-order valence-electron chi connectivity index (χ2n) is 4.32. The molecule has 0 aliphatic carbocycles. The number of carbonyl (C=O) groups excluding carboxylic acids is 3. The van der Waals surface area contributed by atoms with Crippen LogP contribution in [-0.4, -0.2) is 31.1 Å². The van der Waals surface area contributed by atoms with Crippen LogP contribution in [-0.2, 0) is 14.3 Å². The van der Waals surface area contributed by atoms with Gasteiger partial charge < -0.3 is 14.2 Å². The first kappa shape index (κ1) is 17.4. The summed E-state index contributed by atoms with van der Waals surface area (Å²) >= 11 is 0. The largest absolute Gasteiger partial charge is 0.462 e. The predicted molar refractivity (Wildman–Crippen MR) is 78.8 cm³/mol. The van der Waals surface area contributed by atoms with Crippen LogP contribution in [0.15, 0.2) is 30.4 Å². The second-order valence-corrected chi connectivity index (χ2v) is 4.32. The fourth-order valence-corrected chi connectivity index (χ4v) is 1.55. The van der Waals surface area contributed by atoms with Gasteiger partial charge in [-0.3, -0.25) is 0 Å². The first-order valence-corrected chi connectivity index (χ1v) is 6.76. The monoisotopic (exact) mass is 306 g/mol. The van der Waals surface area contributed by atoms with Gasteiger partial charge in [0, 0.05) is 5.57 Å². The summed E-state index contributed by atoms with van der Waals surface area (Å²) in [5.41, 5.74) is 0.245. The van der Waals surface area contributed by atoms with Crippen molar-refractivity contribution in [2.75, 3.05) is 13.2 Å². The highest BCUT2D eigenvalue weighted by molar-refractivity contribution is 6.03. The molecule has 0 bridgehead atoms. The number of esters is 3. The van der Waals surface area contributed by atoms with Gasteiger partial charge in [-0.05, 0) is 39.0 Å². The summed E-state index contributed by atoms with van der Waals surface area (Å²) < 4.78 is 14.8. The number of benzene rings is 1. The number of ether oxygens (including phenoxy) is 3. The number of hydrogen-bond donors (Lipinski definition) is 0. The minimum atomic E-state index is -0.696. The molecule has 0 fully saturated rings. The van der Waals surface area contributed by atoms with E-state index in [4.69, 9.17) is 14.2 Å². The zero-order valence-corrected chi connectivity index (χ0v) is 12.8. The summed E-state index contributed by atoms with van der Waals surface area (Å²) in [6.07, 6.45) is 0. The molecular formula is C16H18O6. The second kappa shape index (κ2) is 7.97. The summed E-state index contributed by atoms with van der Waals surface area (Å²) in [5, 5.41) is 0. The molecule has 0 N–H and O–H groups in total. The Labute approximate surface area is 128 Å². The van der Waals surface area contributed by atoms with Crippen molar-refractivity contribution in [3.63, 3.8) is 0 Å². The van der Waals surface area contributed by atoms with E-state index in [9.17, 15) is 14.4 Å². The summed E-state index contributed by atoms with van der Waals surface area (Å²) in [6.45, 7) is 8.60. The maximum absolute atomic E-state index is 12.0. The Morgan fingerprint density at radius 1 is 1.00 bits per heavy atom. The van der Waals surface area contributed by atoms with Crippen molar-refractivity contribution in [2.24, 2.45) is 0 Å². The molecule has 6 heteroatoms. The lowest BCUT2D eigenvalue weighted by molar-refractivity contribution is -0.130. The van der Waals surface area contributed by atoms with Crippen molar-refractivity contribution in [1.29, 1.82) is 0 Å². The maximum atomic E-state index is 12.0. The van der Waals surface area contributed by atoms with E-state index in [2.05, 4.69) is 6.58 Å². The van der Waals surface area contributed by atoms with Crippen LogP contribution < -0.4 is 4.74 Å². The molecule has 1 aromatic carbocycles. The molecule has 0 spiro atoms. The fraction of sp³-hybridized carbons (Fsp3) is 0.312. The summed E-state index contributed by atoms with van der Waals surface area (Å²) in [5.74, 6) is -1.86. The van der Waals surface area contributed by atoms with Gasteiger partial charge in [-0.15, -0.1) is 0 Å². The van der Waals surface area contributed by atoms with E-state index >= 15 is 0 Å². The Hall–Kier alpha value is -2.63. The summed E-state index contributed by atoms with van der Waals surface area (Å²) in [7, 11) is 0. The smallest absolute Gasteiger partial charge is 0.339 e. The first-order chi connectivity index (χ1) is 10.4. The molecule has 118 valence electrons. The molecule has 0 heterocycles. The van der Waals surface area contributed by atoms with Gasteiger partial charge in [0.1, 0.15) is 5.75 Å². The molecule has 0 saturated heterocycles. The minimum Gasteiger partial charge on any atom is -0.462 e. The van der Waals surface area contributed by atoms with E-state index in [0.29, 0.717) is 0 Å². The highest BCUT2D eigenvalue weighted by atomic mass is 16.5. The van der Waals surface area contributed by atoms with Gasteiger partial charge in [0.15, 0.2) is 0 Å². The van der Waals surface area contributed by atoms with Gasteiger partial charge in [0.2, 0.25) is 0 Å². The third-order valence-electron chi connectivity index (χ3n) is 2.54. The third kappa shape index (κ3) is 4.44. The predicted octanol–water partition coefficient (Wildman–Crippen LogP) is 2.52. The van der Waals surface area contributed by atoms with E-state index in [-0.39, 0.29) is 35.7 Å². The van der Waals surface area contributed by atoms with Crippen molar-refractivity contribution in [3.8, 4) is 5.75 Å². The van der Waals surface area contributed by atoms with Crippen LogP contribution in [0, 0.1) is 0 Å². The Bertz CT molecular complexity index is 603. The molecule has 0 radical (unpaired) electrons. The van der Waals surface area contributed by atoms with Gasteiger partial charge in [-0.2, -0.15) is 0 Å². The fourth-order valence-electron chi connectivity index (χ4n) is 1.55. The maximum Gasteiger partial charge on any atom is 0.339 e. The van der Waals surface area contributed by atoms with Crippen molar-refractivity contribution in [1.82, 2.24) is 0 Å². The average Bonchev–Trinajstić information content (AvgIpc) is 2.47. The van der Waals surface area contributed by atoms with E-state index in [0.717, 1.165) is 0 Å². The van der Waals surface area contributed by atoms with Gasteiger partial charge in [-0.1, -0.05) is 6.58 Å². The molecule has 0 saturated carbocycles. The molecule has 0 aliphatic rings. The first-order valence-electron chi connectivity index (χ1n) is 6.76. The SMILES string of the molecule is C=C(C)C(=O)Oc1ccc(C(=O)OCC)c(C(=O)OCC)c1. The molecular weight excluding hydrogens is 288 g/mol. The van der Waals surface area contributed by atoms with Crippen LogP contribution in [0.3, 0.4) is 0 Å². The number of carbonyl (C=O) groups is 3. The molecule has 6 nitrogen and oxygen atoms in total.